The first-order chi connectivity index (χ1) is 12.8. The molecule has 0 aliphatic rings. The van der Waals surface area contributed by atoms with Crippen molar-refractivity contribution < 1.29 is 13.2 Å². The van der Waals surface area contributed by atoms with Crippen LogP contribution in [-0.4, -0.2) is 30.5 Å². The van der Waals surface area contributed by atoms with Gasteiger partial charge in [0.05, 0.1) is 17.8 Å². The Hall–Kier alpha value is -2.36. The molecule has 1 N–H and O–H groups in total. The maximum Gasteiger partial charge on any atom is 0.244 e. The second-order valence-corrected chi connectivity index (χ2v) is 8.97. The van der Waals surface area contributed by atoms with Crippen molar-refractivity contribution in [3.8, 4) is 16.9 Å². The molecule has 0 unspecified atom stereocenters. The Bertz CT molecular complexity index is 1060. The highest BCUT2D eigenvalue weighted by Gasteiger charge is 2.21. The van der Waals surface area contributed by atoms with Crippen LogP contribution in [0.4, 0.5) is 0 Å². The smallest absolute Gasteiger partial charge is 0.244 e. The molecule has 0 aliphatic carbocycles. The fourth-order valence-corrected chi connectivity index (χ4v) is 4.74. The van der Waals surface area contributed by atoms with E-state index in [1.165, 1.54) is 18.4 Å². The number of benzene rings is 1. The van der Waals surface area contributed by atoms with Crippen molar-refractivity contribution in [3.63, 3.8) is 0 Å². The summed E-state index contributed by atoms with van der Waals surface area (Å²) in [6.45, 7) is 5.74. The Morgan fingerprint density at radius 3 is 2.41 bits per heavy atom. The van der Waals surface area contributed by atoms with E-state index >= 15 is 0 Å². The van der Waals surface area contributed by atoms with E-state index < -0.39 is 10.0 Å². The molecule has 2 aromatic heterocycles. The Morgan fingerprint density at radius 1 is 1.11 bits per heavy atom. The van der Waals surface area contributed by atoms with E-state index in [1.807, 2.05) is 13.8 Å². The third kappa shape index (κ3) is 4.32. The molecule has 0 saturated heterocycles. The van der Waals surface area contributed by atoms with E-state index in [0.29, 0.717) is 11.4 Å². The van der Waals surface area contributed by atoms with Crippen LogP contribution in [0.3, 0.4) is 0 Å². The van der Waals surface area contributed by atoms with Gasteiger partial charge < -0.3 is 4.74 Å². The Kier molecular flexibility index (Phi) is 5.54. The minimum Gasteiger partial charge on any atom is -0.495 e. The number of ether oxygens (including phenoxy) is 1. The molecule has 3 rings (SSSR count). The van der Waals surface area contributed by atoms with Gasteiger partial charge in [-0.05, 0) is 38.5 Å². The van der Waals surface area contributed by atoms with Gasteiger partial charge >= 0.3 is 0 Å². The number of sulfonamides is 1. The van der Waals surface area contributed by atoms with E-state index in [0.717, 1.165) is 21.1 Å². The molecule has 3 aromatic rings. The number of thiazole rings is 1. The van der Waals surface area contributed by atoms with E-state index in [2.05, 4.69) is 19.7 Å². The van der Waals surface area contributed by atoms with Gasteiger partial charge in [0.1, 0.15) is 16.5 Å². The molecule has 0 spiro atoms. The summed E-state index contributed by atoms with van der Waals surface area (Å²) in [7, 11) is -2.34. The minimum atomic E-state index is -3.78. The van der Waals surface area contributed by atoms with E-state index in [4.69, 9.17) is 4.74 Å². The van der Waals surface area contributed by atoms with Gasteiger partial charge in [-0.2, -0.15) is 0 Å². The van der Waals surface area contributed by atoms with E-state index in [-0.39, 0.29) is 17.2 Å². The highest BCUT2D eigenvalue weighted by Crippen LogP contribution is 2.30. The lowest BCUT2D eigenvalue weighted by atomic mass is 10.1. The zero-order chi connectivity index (χ0) is 19.6. The Balaban J connectivity index is 1.94. The lowest BCUT2D eigenvalue weighted by molar-refractivity contribution is 0.402. The summed E-state index contributed by atoms with van der Waals surface area (Å²) in [6, 6.07) is 4.98. The van der Waals surface area contributed by atoms with Crippen molar-refractivity contribution in [3.05, 3.63) is 52.0 Å². The summed E-state index contributed by atoms with van der Waals surface area (Å²) in [6.07, 6.45) is 3.33. The first-order valence-corrected chi connectivity index (χ1v) is 10.5. The van der Waals surface area contributed by atoms with Gasteiger partial charge in [-0.3, -0.25) is 0 Å². The maximum absolute atomic E-state index is 12.9. The molecule has 142 valence electrons. The van der Waals surface area contributed by atoms with Gasteiger partial charge in [-0.1, -0.05) is 6.07 Å². The number of hydrogen-bond acceptors (Lipinski definition) is 7. The van der Waals surface area contributed by atoms with Gasteiger partial charge in [0, 0.05) is 29.4 Å². The molecule has 1 aromatic carbocycles. The topological polar surface area (TPSA) is 94.1 Å². The largest absolute Gasteiger partial charge is 0.495 e. The number of methoxy groups -OCH3 is 1. The summed E-state index contributed by atoms with van der Waals surface area (Å²) < 4.78 is 33.7. The van der Waals surface area contributed by atoms with Crippen molar-refractivity contribution in [1.82, 2.24) is 19.7 Å². The first-order valence-electron chi connectivity index (χ1n) is 8.20. The number of nitrogens with zero attached hydrogens (tertiary/aromatic N) is 3. The highest BCUT2D eigenvalue weighted by molar-refractivity contribution is 7.89. The minimum absolute atomic E-state index is 0.0713. The Morgan fingerprint density at radius 2 is 1.81 bits per heavy atom. The van der Waals surface area contributed by atoms with Crippen LogP contribution in [0.25, 0.3) is 11.1 Å². The second kappa shape index (κ2) is 7.71. The molecule has 0 bridgehead atoms. The van der Waals surface area contributed by atoms with Crippen molar-refractivity contribution in [2.24, 2.45) is 0 Å². The summed E-state index contributed by atoms with van der Waals surface area (Å²) in [5.41, 5.74) is 2.26. The molecular weight excluding hydrogens is 384 g/mol. The van der Waals surface area contributed by atoms with Crippen LogP contribution >= 0.6 is 11.3 Å². The molecule has 2 heterocycles. The Labute approximate surface area is 162 Å². The van der Waals surface area contributed by atoms with Crippen molar-refractivity contribution >= 4 is 21.4 Å². The summed E-state index contributed by atoms with van der Waals surface area (Å²) in [5, 5.41) is 0.903. The summed E-state index contributed by atoms with van der Waals surface area (Å²) >= 11 is 1.48. The predicted octanol–water partition coefficient (Wildman–Crippen LogP) is 3.01. The molecule has 9 heteroatoms. The number of aryl methyl sites for hydroxylation is 3. The fourth-order valence-electron chi connectivity index (χ4n) is 2.58. The number of rotatable bonds is 6. The van der Waals surface area contributed by atoms with E-state index in [1.54, 1.807) is 37.5 Å². The average molecular weight is 405 g/mol. The van der Waals surface area contributed by atoms with Gasteiger partial charge in [0.15, 0.2) is 0 Å². The van der Waals surface area contributed by atoms with Crippen LogP contribution in [0.2, 0.25) is 0 Å². The first kappa shape index (κ1) is 19.4. The lowest BCUT2D eigenvalue weighted by Crippen LogP contribution is -2.23. The zero-order valence-electron chi connectivity index (χ0n) is 15.5. The second-order valence-electron chi connectivity index (χ2n) is 5.95. The van der Waals surface area contributed by atoms with Gasteiger partial charge in [-0.15, -0.1) is 11.3 Å². The van der Waals surface area contributed by atoms with Gasteiger partial charge in [0.2, 0.25) is 10.0 Å². The lowest BCUT2D eigenvalue weighted by Gasteiger charge is -2.12. The third-order valence-corrected chi connectivity index (χ3v) is 6.49. The van der Waals surface area contributed by atoms with Gasteiger partial charge in [0.25, 0.3) is 0 Å². The van der Waals surface area contributed by atoms with Crippen molar-refractivity contribution in [1.29, 1.82) is 0 Å². The quantitative estimate of drug-likeness (QED) is 0.679. The van der Waals surface area contributed by atoms with Crippen LogP contribution in [-0.2, 0) is 16.6 Å². The molecule has 0 atom stereocenters. The number of nitrogens with one attached hydrogen (secondary N) is 1. The molecular formula is C18H20N4O3S2. The fraction of sp³-hybridized carbons (Fsp3) is 0.278. The summed E-state index contributed by atoms with van der Waals surface area (Å²) in [5.74, 6) is 0.925. The molecule has 0 amide bonds. The molecule has 7 nitrogen and oxygen atoms in total. The molecule has 27 heavy (non-hydrogen) atoms. The molecule has 0 fully saturated rings. The molecule has 0 saturated carbocycles. The van der Waals surface area contributed by atoms with Crippen LogP contribution in [0, 0.1) is 20.8 Å². The van der Waals surface area contributed by atoms with E-state index in [9.17, 15) is 8.42 Å². The van der Waals surface area contributed by atoms with Crippen LogP contribution < -0.4 is 9.46 Å². The van der Waals surface area contributed by atoms with Crippen molar-refractivity contribution in [2.75, 3.05) is 7.11 Å². The SMILES string of the molecule is COc1ccc(-c2cnc(C)nc2)cc1S(=O)(=O)NCc1sc(C)nc1C. The third-order valence-electron chi connectivity index (χ3n) is 3.99. The van der Waals surface area contributed by atoms with Crippen LogP contribution in [0.5, 0.6) is 5.75 Å². The predicted molar refractivity (Wildman–Crippen MR) is 104 cm³/mol. The standard InChI is InChI=1S/C18H20N4O3S2/c1-11-17(26-13(3)22-11)10-21-27(23,24)18-7-14(5-6-16(18)25-4)15-8-19-12(2)20-9-15/h5-9,21H,10H2,1-4H3. The maximum atomic E-state index is 12.9. The van der Waals surface area contributed by atoms with Gasteiger partial charge in [-0.25, -0.2) is 28.1 Å². The van der Waals surface area contributed by atoms with Crippen LogP contribution in [0.1, 0.15) is 21.4 Å². The molecule has 0 radical (unpaired) electrons. The number of aromatic nitrogens is 3. The average Bonchev–Trinajstić information content (AvgIpc) is 2.97. The highest BCUT2D eigenvalue weighted by atomic mass is 32.2. The normalized spacial score (nSPS) is 11.6. The monoisotopic (exact) mass is 404 g/mol. The van der Waals surface area contributed by atoms with Crippen LogP contribution in [0.15, 0.2) is 35.5 Å². The number of hydrogen-bond donors (Lipinski definition) is 1. The van der Waals surface area contributed by atoms with Crippen molar-refractivity contribution in [2.45, 2.75) is 32.2 Å². The zero-order valence-corrected chi connectivity index (χ0v) is 17.1. The summed E-state index contributed by atoms with van der Waals surface area (Å²) in [4.78, 5) is 13.6. The molecule has 0 aliphatic heterocycles.